The van der Waals surface area contributed by atoms with Gasteiger partial charge in [-0.05, 0) is 43.5 Å². The molecule has 1 saturated heterocycles. The van der Waals surface area contributed by atoms with E-state index in [9.17, 15) is 0 Å². The first-order valence-electron chi connectivity index (χ1n) is 6.58. The molecule has 1 aromatic carbocycles. The van der Waals surface area contributed by atoms with Crippen molar-refractivity contribution < 1.29 is 0 Å². The molecule has 0 amide bonds. The summed E-state index contributed by atoms with van der Waals surface area (Å²) in [6.07, 6.45) is 3.93. The minimum Gasteiger partial charge on any atom is -0.372 e. The predicted molar refractivity (Wildman–Crippen MR) is 89.9 cm³/mol. The van der Waals surface area contributed by atoms with Crippen LogP contribution in [0.1, 0.15) is 19.3 Å². The van der Waals surface area contributed by atoms with Crippen molar-refractivity contribution in [1.82, 2.24) is 0 Å². The first-order valence-corrected chi connectivity index (χ1v) is 9.48. The molecule has 106 valence electrons. The zero-order valence-electron chi connectivity index (χ0n) is 10.8. The van der Waals surface area contributed by atoms with E-state index in [4.69, 9.17) is 23.2 Å². The van der Waals surface area contributed by atoms with Gasteiger partial charge in [0.1, 0.15) is 14.0 Å². The standard InChI is InChI=1S/C14H14Cl2N2S2/c15-12-13(16)19-20-14(12)17-10-4-6-11(7-5-10)18-8-2-1-3-9-18/h4-7H,1-3,8-9H2. The van der Waals surface area contributed by atoms with Gasteiger partial charge >= 0.3 is 0 Å². The maximum absolute atomic E-state index is 6.10. The number of nitrogens with zero attached hydrogens (tertiary/aromatic N) is 2. The fraction of sp³-hybridized carbons (Fsp3) is 0.357. The predicted octanol–water partition coefficient (Wildman–Crippen LogP) is 5.34. The molecular weight excluding hydrogens is 331 g/mol. The smallest absolute Gasteiger partial charge is 0.147 e. The fourth-order valence-corrected chi connectivity index (χ4v) is 5.06. The summed E-state index contributed by atoms with van der Waals surface area (Å²) in [5.41, 5.74) is 2.19. The lowest BCUT2D eigenvalue weighted by Gasteiger charge is -2.28. The van der Waals surface area contributed by atoms with Crippen molar-refractivity contribution in [3.63, 3.8) is 0 Å². The molecular formula is C14H14Cl2N2S2. The molecule has 0 N–H and O–H groups in total. The third-order valence-electron chi connectivity index (χ3n) is 3.36. The normalized spacial score (nSPS) is 16.7. The number of anilines is 1. The number of hydrogen-bond donors (Lipinski definition) is 0. The van der Waals surface area contributed by atoms with Crippen LogP contribution in [0.15, 0.2) is 29.3 Å². The van der Waals surface area contributed by atoms with E-state index in [-0.39, 0.29) is 0 Å². The molecule has 0 saturated carbocycles. The highest BCUT2D eigenvalue weighted by Gasteiger charge is 2.10. The molecule has 2 heterocycles. The van der Waals surface area contributed by atoms with Crippen LogP contribution >= 0.6 is 43.9 Å². The monoisotopic (exact) mass is 344 g/mol. The van der Waals surface area contributed by atoms with Crippen molar-refractivity contribution >= 4 is 55.3 Å². The average Bonchev–Trinajstić information content (AvgIpc) is 2.81. The van der Waals surface area contributed by atoms with Crippen LogP contribution in [-0.2, 0) is 0 Å². The molecule has 0 radical (unpaired) electrons. The Bertz CT molecular complexity index is 640. The van der Waals surface area contributed by atoms with Crippen LogP contribution in [0.5, 0.6) is 0 Å². The van der Waals surface area contributed by atoms with Gasteiger partial charge in [0.25, 0.3) is 0 Å². The van der Waals surface area contributed by atoms with Crippen LogP contribution in [0.4, 0.5) is 11.4 Å². The van der Waals surface area contributed by atoms with E-state index in [2.05, 4.69) is 22.0 Å². The Morgan fingerprint density at radius 2 is 1.65 bits per heavy atom. The molecule has 20 heavy (non-hydrogen) atoms. The lowest BCUT2D eigenvalue weighted by atomic mass is 10.1. The summed E-state index contributed by atoms with van der Waals surface area (Å²) in [5.74, 6) is 0. The van der Waals surface area contributed by atoms with E-state index in [1.165, 1.54) is 45.6 Å². The molecule has 1 aliphatic rings. The van der Waals surface area contributed by atoms with Gasteiger partial charge in [-0.25, -0.2) is 4.99 Å². The molecule has 0 spiro atoms. The Morgan fingerprint density at radius 3 is 2.25 bits per heavy atom. The van der Waals surface area contributed by atoms with Crippen molar-refractivity contribution in [3.05, 3.63) is 38.3 Å². The second-order valence-corrected chi connectivity index (χ2v) is 7.84. The number of hydrogen-bond acceptors (Lipinski definition) is 4. The summed E-state index contributed by atoms with van der Waals surface area (Å²) in [6.45, 7) is 2.31. The highest BCUT2D eigenvalue weighted by molar-refractivity contribution is 7.69. The van der Waals surface area contributed by atoms with Gasteiger partial charge in [0.15, 0.2) is 0 Å². The van der Waals surface area contributed by atoms with E-state index in [0.717, 1.165) is 23.4 Å². The number of piperidine rings is 1. The van der Waals surface area contributed by atoms with Crippen molar-refractivity contribution in [2.45, 2.75) is 19.3 Å². The van der Waals surface area contributed by atoms with E-state index >= 15 is 0 Å². The largest absolute Gasteiger partial charge is 0.372 e. The molecule has 1 fully saturated rings. The highest BCUT2D eigenvalue weighted by Crippen LogP contribution is 2.28. The molecule has 0 bridgehead atoms. The topological polar surface area (TPSA) is 15.6 Å². The van der Waals surface area contributed by atoms with Gasteiger partial charge in [-0.15, -0.1) is 0 Å². The SMILES string of the molecule is Clc1ssc(=Nc2ccc(N3CCCCC3)cc2)c1Cl. The van der Waals surface area contributed by atoms with Crippen LogP contribution in [0.3, 0.4) is 0 Å². The quantitative estimate of drug-likeness (QED) is 0.671. The molecule has 0 aliphatic carbocycles. The molecule has 3 rings (SSSR count). The first kappa shape index (κ1) is 14.4. The third kappa shape index (κ3) is 3.19. The van der Waals surface area contributed by atoms with E-state index < -0.39 is 0 Å². The van der Waals surface area contributed by atoms with Crippen LogP contribution < -0.4 is 9.57 Å². The van der Waals surface area contributed by atoms with Gasteiger partial charge in [-0.3, -0.25) is 0 Å². The third-order valence-corrected chi connectivity index (χ3v) is 6.85. The van der Waals surface area contributed by atoms with Crippen LogP contribution in [0.25, 0.3) is 0 Å². The van der Waals surface area contributed by atoms with Gasteiger partial charge < -0.3 is 4.90 Å². The Kier molecular flexibility index (Phi) is 4.66. The number of halogens is 2. The minimum atomic E-state index is 0.557. The second kappa shape index (κ2) is 6.48. The van der Waals surface area contributed by atoms with Crippen LogP contribution in [-0.4, -0.2) is 13.1 Å². The molecule has 0 unspecified atom stereocenters. The molecule has 1 aromatic heterocycles. The number of benzene rings is 1. The second-order valence-electron chi connectivity index (χ2n) is 4.74. The molecule has 1 aliphatic heterocycles. The Morgan fingerprint density at radius 1 is 0.950 bits per heavy atom. The maximum atomic E-state index is 6.10. The summed E-state index contributed by atoms with van der Waals surface area (Å²) in [6, 6.07) is 8.35. The van der Waals surface area contributed by atoms with Gasteiger partial charge in [0, 0.05) is 18.8 Å². The summed E-state index contributed by atoms with van der Waals surface area (Å²) in [7, 11) is 2.95. The Labute approximate surface area is 135 Å². The van der Waals surface area contributed by atoms with E-state index in [1.54, 1.807) is 0 Å². The van der Waals surface area contributed by atoms with Crippen molar-refractivity contribution in [1.29, 1.82) is 0 Å². The van der Waals surface area contributed by atoms with Gasteiger partial charge in [-0.1, -0.05) is 43.9 Å². The first-order chi connectivity index (χ1) is 9.74. The average molecular weight is 345 g/mol. The zero-order chi connectivity index (χ0) is 13.9. The Hall–Kier alpha value is -0.550. The molecule has 6 heteroatoms. The maximum Gasteiger partial charge on any atom is 0.147 e. The summed E-state index contributed by atoms with van der Waals surface area (Å²) in [5, 5.41) is 0.557. The minimum absolute atomic E-state index is 0.557. The number of rotatable bonds is 2. The van der Waals surface area contributed by atoms with Crippen molar-refractivity contribution in [2.75, 3.05) is 18.0 Å². The molecule has 0 atom stereocenters. The fourth-order valence-electron chi connectivity index (χ4n) is 2.31. The molecule has 2 nitrogen and oxygen atoms in total. The van der Waals surface area contributed by atoms with Crippen LogP contribution in [0, 0.1) is 0 Å². The Balaban J connectivity index is 1.82. The summed E-state index contributed by atoms with van der Waals surface area (Å²) in [4.78, 5) is 6.98. The summed E-state index contributed by atoms with van der Waals surface area (Å²) >= 11 is 12.1. The van der Waals surface area contributed by atoms with Gasteiger partial charge in [-0.2, -0.15) is 0 Å². The van der Waals surface area contributed by atoms with Crippen molar-refractivity contribution in [3.8, 4) is 0 Å². The van der Waals surface area contributed by atoms with Gasteiger partial charge in [0.05, 0.1) is 5.69 Å². The lowest BCUT2D eigenvalue weighted by molar-refractivity contribution is 0.578. The lowest BCUT2D eigenvalue weighted by Crippen LogP contribution is -2.29. The van der Waals surface area contributed by atoms with E-state index in [0.29, 0.717) is 9.36 Å². The van der Waals surface area contributed by atoms with E-state index in [1.807, 2.05) is 12.1 Å². The van der Waals surface area contributed by atoms with Crippen LogP contribution in [0.2, 0.25) is 9.36 Å². The molecule has 2 aromatic rings. The highest BCUT2D eigenvalue weighted by atomic mass is 35.5. The van der Waals surface area contributed by atoms with Crippen molar-refractivity contribution in [2.24, 2.45) is 4.99 Å². The summed E-state index contributed by atoms with van der Waals surface area (Å²) < 4.78 is 1.40. The van der Waals surface area contributed by atoms with Gasteiger partial charge in [0.2, 0.25) is 0 Å². The zero-order valence-corrected chi connectivity index (χ0v) is 14.0.